The van der Waals surface area contributed by atoms with Crippen LogP contribution in [-0.4, -0.2) is 29.5 Å². The van der Waals surface area contributed by atoms with Crippen LogP contribution in [0.15, 0.2) is 16.3 Å². The molecule has 0 aliphatic carbocycles. The fourth-order valence-corrected chi connectivity index (χ4v) is 3.53. The molecule has 0 aromatic carbocycles. The molecule has 1 aromatic rings. The zero-order valence-corrected chi connectivity index (χ0v) is 9.77. The van der Waals surface area contributed by atoms with Gasteiger partial charge in [0.2, 0.25) is 0 Å². The minimum absolute atomic E-state index is 0.421. The van der Waals surface area contributed by atoms with E-state index >= 15 is 0 Å². The van der Waals surface area contributed by atoms with Gasteiger partial charge in [0.25, 0.3) is 0 Å². The number of carboxylic acid groups (broad SMARTS) is 1. The first kappa shape index (κ1) is 11.0. The van der Waals surface area contributed by atoms with Gasteiger partial charge in [0.1, 0.15) is 4.88 Å². The molecule has 15 heavy (non-hydrogen) atoms. The van der Waals surface area contributed by atoms with E-state index in [1.807, 2.05) is 5.38 Å². The van der Waals surface area contributed by atoms with Crippen LogP contribution in [0.2, 0.25) is 0 Å². The predicted molar refractivity (Wildman–Crippen MR) is 61.0 cm³/mol. The van der Waals surface area contributed by atoms with E-state index in [0.717, 1.165) is 31.0 Å². The number of aromatic carboxylic acids is 1. The van der Waals surface area contributed by atoms with E-state index in [-0.39, 0.29) is 0 Å². The standard InChI is InChI=1S/C10H12O3S2/c11-10(12)9-5-8(6-14-9)15-7-1-3-13-4-2-7/h5-7H,1-4H2,(H,11,12). The minimum Gasteiger partial charge on any atom is -0.477 e. The number of hydrogen-bond donors (Lipinski definition) is 1. The molecule has 0 amide bonds. The zero-order chi connectivity index (χ0) is 10.7. The van der Waals surface area contributed by atoms with Crippen molar-refractivity contribution in [3.8, 4) is 0 Å². The van der Waals surface area contributed by atoms with Gasteiger partial charge in [-0.15, -0.1) is 23.1 Å². The van der Waals surface area contributed by atoms with Crippen LogP contribution in [0.1, 0.15) is 22.5 Å². The lowest BCUT2D eigenvalue weighted by Gasteiger charge is -2.20. The Morgan fingerprint density at radius 2 is 2.27 bits per heavy atom. The summed E-state index contributed by atoms with van der Waals surface area (Å²) in [4.78, 5) is 12.2. The van der Waals surface area contributed by atoms with Crippen LogP contribution in [0.5, 0.6) is 0 Å². The van der Waals surface area contributed by atoms with Crippen LogP contribution in [-0.2, 0) is 4.74 Å². The molecule has 1 aromatic heterocycles. The highest BCUT2D eigenvalue weighted by Gasteiger charge is 2.16. The average molecular weight is 244 g/mol. The second-order valence-electron chi connectivity index (χ2n) is 3.38. The van der Waals surface area contributed by atoms with Gasteiger partial charge in [0.15, 0.2) is 0 Å². The first-order valence-corrected chi connectivity index (χ1v) is 6.58. The lowest BCUT2D eigenvalue weighted by atomic mass is 10.2. The number of thiophene rings is 1. The van der Waals surface area contributed by atoms with Gasteiger partial charge in [0.05, 0.1) is 0 Å². The zero-order valence-electron chi connectivity index (χ0n) is 8.14. The average Bonchev–Trinajstić information content (AvgIpc) is 2.68. The van der Waals surface area contributed by atoms with Gasteiger partial charge in [0, 0.05) is 28.7 Å². The van der Waals surface area contributed by atoms with Crippen molar-refractivity contribution in [2.75, 3.05) is 13.2 Å². The van der Waals surface area contributed by atoms with Crippen molar-refractivity contribution in [3.63, 3.8) is 0 Å². The van der Waals surface area contributed by atoms with Gasteiger partial charge in [-0.2, -0.15) is 0 Å². The van der Waals surface area contributed by atoms with Crippen LogP contribution >= 0.6 is 23.1 Å². The number of ether oxygens (including phenoxy) is 1. The molecule has 2 rings (SSSR count). The molecule has 1 aliphatic heterocycles. The van der Waals surface area contributed by atoms with Crippen molar-refractivity contribution < 1.29 is 14.6 Å². The first-order chi connectivity index (χ1) is 7.25. The van der Waals surface area contributed by atoms with E-state index in [9.17, 15) is 4.79 Å². The summed E-state index contributed by atoms with van der Waals surface area (Å²) < 4.78 is 5.28. The lowest BCUT2D eigenvalue weighted by Crippen LogP contribution is -2.17. The van der Waals surface area contributed by atoms with E-state index < -0.39 is 5.97 Å². The molecule has 0 radical (unpaired) electrons. The molecule has 0 unspecified atom stereocenters. The summed E-state index contributed by atoms with van der Waals surface area (Å²) in [5.74, 6) is -0.834. The first-order valence-electron chi connectivity index (χ1n) is 4.82. The third kappa shape index (κ3) is 2.96. The quantitative estimate of drug-likeness (QED) is 0.888. The summed E-state index contributed by atoms with van der Waals surface area (Å²) in [5, 5.41) is 11.3. The molecule has 1 fully saturated rings. The van der Waals surface area contributed by atoms with E-state index in [1.54, 1.807) is 17.8 Å². The van der Waals surface area contributed by atoms with E-state index in [4.69, 9.17) is 9.84 Å². The summed E-state index contributed by atoms with van der Waals surface area (Å²) in [6, 6.07) is 1.76. The summed E-state index contributed by atoms with van der Waals surface area (Å²) in [7, 11) is 0. The Morgan fingerprint density at radius 3 is 2.87 bits per heavy atom. The van der Waals surface area contributed by atoms with Crippen molar-refractivity contribution in [1.82, 2.24) is 0 Å². The molecular weight excluding hydrogens is 232 g/mol. The number of carbonyl (C=O) groups is 1. The highest BCUT2D eigenvalue weighted by atomic mass is 32.2. The van der Waals surface area contributed by atoms with Crippen LogP contribution in [0.25, 0.3) is 0 Å². The molecule has 2 heterocycles. The number of hydrogen-bond acceptors (Lipinski definition) is 4. The van der Waals surface area contributed by atoms with Crippen molar-refractivity contribution in [1.29, 1.82) is 0 Å². The maximum atomic E-state index is 10.7. The van der Waals surface area contributed by atoms with Gasteiger partial charge in [-0.05, 0) is 18.9 Å². The SMILES string of the molecule is O=C(O)c1cc(SC2CCOCC2)cs1. The van der Waals surface area contributed by atoms with Gasteiger partial charge in [-0.25, -0.2) is 4.79 Å². The second-order valence-corrected chi connectivity index (χ2v) is 5.67. The van der Waals surface area contributed by atoms with Gasteiger partial charge < -0.3 is 9.84 Å². The maximum Gasteiger partial charge on any atom is 0.345 e. The number of carboxylic acids is 1. The van der Waals surface area contributed by atoms with Gasteiger partial charge >= 0.3 is 5.97 Å². The molecule has 1 saturated heterocycles. The van der Waals surface area contributed by atoms with E-state index in [1.165, 1.54) is 11.3 Å². The van der Waals surface area contributed by atoms with Crippen molar-refractivity contribution in [3.05, 3.63) is 16.3 Å². The highest BCUT2D eigenvalue weighted by Crippen LogP contribution is 2.32. The molecule has 1 aliphatic rings. The number of rotatable bonds is 3. The van der Waals surface area contributed by atoms with Crippen molar-refractivity contribution in [2.45, 2.75) is 23.0 Å². The normalized spacial score (nSPS) is 17.9. The molecule has 0 saturated carbocycles. The fraction of sp³-hybridized carbons (Fsp3) is 0.500. The Hall–Kier alpha value is -0.520. The second kappa shape index (κ2) is 5.01. The molecule has 3 nitrogen and oxygen atoms in total. The molecule has 5 heteroatoms. The molecule has 82 valence electrons. The molecule has 0 bridgehead atoms. The molecule has 0 atom stereocenters. The summed E-state index contributed by atoms with van der Waals surface area (Å²) in [6.45, 7) is 1.65. The Bertz CT molecular complexity index is 342. The Morgan fingerprint density at radius 1 is 1.53 bits per heavy atom. The van der Waals surface area contributed by atoms with Crippen LogP contribution in [0, 0.1) is 0 Å². The van der Waals surface area contributed by atoms with Gasteiger partial charge in [-0.3, -0.25) is 0 Å². The van der Waals surface area contributed by atoms with Crippen molar-refractivity contribution in [2.24, 2.45) is 0 Å². The largest absolute Gasteiger partial charge is 0.477 e. The highest BCUT2D eigenvalue weighted by molar-refractivity contribution is 8.00. The fourth-order valence-electron chi connectivity index (χ4n) is 1.48. The smallest absolute Gasteiger partial charge is 0.345 e. The van der Waals surface area contributed by atoms with E-state index in [2.05, 4.69) is 0 Å². The van der Waals surface area contributed by atoms with Crippen LogP contribution in [0.4, 0.5) is 0 Å². The summed E-state index contributed by atoms with van der Waals surface area (Å²) in [6.07, 6.45) is 2.12. The monoisotopic (exact) mass is 244 g/mol. The maximum absolute atomic E-state index is 10.7. The Balaban J connectivity index is 1.94. The van der Waals surface area contributed by atoms with Crippen molar-refractivity contribution >= 4 is 29.1 Å². The lowest BCUT2D eigenvalue weighted by molar-refractivity contribution is 0.0702. The number of thioether (sulfide) groups is 1. The minimum atomic E-state index is -0.834. The third-order valence-corrected chi connectivity index (χ3v) is 4.64. The van der Waals surface area contributed by atoms with Gasteiger partial charge in [-0.1, -0.05) is 0 Å². The van der Waals surface area contributed by atoms with Crippen LogP contribution < -0.4 is 0 Å². The predicted octanol–water partition coefficient (Wildman–Crippen LogP) is 2.72. The van der Waals surface area contributed by atoms with E-state index in [0.29, 0.717) is 10.1 Å². The molecular formula is C10H12O3S2. The van der Waals surface area contributed by atoms with Crippen LogP contribution in [0.3, 0.4) is 0 Å². The third-order valence-electron chi connectivity index (χ3n) is 2.26. The Kier molecular flexibility index (Phi) is 3.66. The molecule has 1 N–H and O–H groups in total. The topological polar surface area (TPSA) is 46.5 Å². The summed E-state index contributed by atoms with van der Waals surface area (Å²) in [5.41, 5.74) is 0. The summed E-state index contributed by atoms with van der Waals surface area (Å²) >= 11 is 3.06. The molecule has 0 spiro atoms. The Labute approximate surface area is 96.4 Å².